The number of hydrogen-bond acceptors (Lipinski definition) is 7. The summed E-state index contributed by atoms with van der Waals surface area (Å²) in [7, 11) is 1.28. The number of nitrogens with zero attached hydrogens (tertiary/aromatic N) is 4. The number of ether oxygens (including phenoxy) is 1. The Balaban J connectivity index is 0.946. The molecule has 5 N–H and O–H groups in total. The third-order valence-electron chi connectivity index (χ3n) is 11.6. The number of likely N-dealkylation sites (tertiary alicyclic amines) is 2. The molecular weight excluding hydrogens is 761 g/mol. The normalized spacial score (nSPS) is 17.5. The molecule has 14 nitrogen and oxygen atoms in total. The molecule has 4 amide bonds. The second kappa shape index (κ2) is 17.1. The Hall–Kier alpha value is -6.96. The zero-order chi connectivity index (χ0) is 41.9. The van der Waals surface area contributed by atoms with Gasteiger partial charge < -0.3 is 40.2 Å². The second-order valence-corrected chi connectivity index (χ2v) is 15.7. The Kier molecular flexibility index (Phi) is 11.4. The van der Waals surface area contributed by atoms with Crippen LogP contribution in [-0.2, 0) is 14.3 Å². The molecule has 6 aromatic rings. The van der Waals surface area contributed by atoms with Crippen molar-refractivity contribution in [1.29, 1.82) is 0 Å². The van der Waals surface area contributed by atoms with Crippen molar-refractivity contribution in [2.45, 2.75) is 63.7 Å². The van der Waals surface area contributed by atoms with Crippen molar-refractivity contribution in [2.75, 3.05) is 20.2 Å². The maximum absolute atomic E-state index is 13.9. The first kappa shape index (κ1) is 39.8. The first-order valence-corrected chi connectivity index (χ1v) is 20.3. The van der Waals surface area contributed by atoms with Crippen LogP contribution in [-0.4, -0.2) is 85.1 Å². The van der Waals surface area contributed by atoms with Gasteiger partial charge in [-0.25, -0.2) is 19.6 Å². The Morgan fingerprint density at radius 1 is 0.700 bits per heavy atom. The van der Waals surface area contributed by atoms with Crippen molar-refractivity contribution in [2.24, 2.45) is 5.92 Å². The van der Waals surface area contributed by atoms with Crippen LogP contribution >= 0.6 is 0 Å². The van der Waals surface area contributed by atoms with Crippen LogP contribution in [0.1, 0.15) is 74.9 Å². The monoisotopic (exact) mass is 808 g/mol. The molecule has 8 rings (SSSR count). The minimum Gasteiger partial charge on any atom is -0.465 e. The first-order chi connectivity index (χ1) is 29.1. The van der Waals surface area contributed by atoms with Gasteiger partial charge in [-0.1, -0.05) is 92.7 Å². The standard InChI is InChI=1S/C46H48N8O6/c1-27(2)39(51-45(57)58)43(55)53-21-7-11-37(53)42-48-26-36(50-42)34-20-19-32-23-31(17-18-33(32)24-34)28-13-15-29(16-14-28)35-25-47-41(49-35)38-12-8-22-54(38)44(56)40(52-46(59)60-3)30-9-5-4-6-10-30/h4-6,9-10,13-20,23-27,37-40,51H,7-8,11-12,21-22H2,1-3H3,(H,47,49)(H,48,50)(H,52,59)(H,57,58)/t37?,38-,39?,40?/m0/s1. The summed E-state index contributed by atoms with van der Waals surface area (Å²) >= 11 is 0. The fourth-order valence-corrected chi connectivity index (χ4v) is 8.47. The number of hydrogen-bond donors (Lipinski definition) is 5. The van der Waals surface area contributed by atoms with Gasteiger partial charge in [0.15, 0.2) is 0 Å². The van der Waals surface area contributed by atoms with Crippen molar-refractivity contribution in [3.63, 3.8) is 0 Å². The van der Waals surface area contributed by atoms with E-state index >= 15 is 0 Å². The number of rotatable bonds is 11. The maximum atomic E-state index is 13.9. The maximum Gasteiger partial charge on any atom is 0.407 e. The molecule has 0 spiro atoms. The van der Waals surface area contributed by atoms with Crippen LogP contribution in [0.15, 0.2) is 103 Å². The van der Waals surface area contributed by atoms with E-state index in [1.54, 1.807) is 22.2 Å². The third kappa shape index (κ3) is 8.17. The highest BCUT2D eigenvalue weighted by molar-refractivity contribution is 5.91. The molecule has 0 bridgehead atoms. The third-order valence-corrected chi connectivity index (χ3v) is 11.6. The number of nitrogens with one attached hydrogen (secondary N) is 4. The lowest BCUT2D eigenvalue weighted by Gasteiger charge is -2.29. The molecule has 0 saturated carbocycles. The molecule has 2 saturated heterocycles. The summed E-state index contributed by atoms with van der Waals surface area (Å²) in [4.78, 5) is 70.8. The molecule has 0 radical (unpaired) electrons. The highest BCUT2D eigenvalue weighted by Crippen LogP contribution is 2.36. The molecule has 14 heteroatoms. The van der Waals surface area contributed by atoms with Crippen molar-refractivity contribution in [3.05, 3.63) is 121 Å². The van der Waals surface area contributed by atoms with Crippen molar-refractivity contribution < 1.29 is 29.0 Å². The SMILES string of the molecule is COC(=O)NC(C(=O)N1CCC[C@H]1c1ncc(-c2ccc(-c3ccc4cc(-c5cnc(C6CCCN6C(=O)C(NC(=O)O)C(C)C)[nH]5)ccc4c3)cc2)[nH]1)c1ccccc1. The lowest BCUT2D eigenvalue weighted by Crippen LogP contribution is -2.50. The van der Waals surface area contributed by atoms with Crippen LogP contribution in [0.25, 0.3) is 44.4 Å². The molecule has 4 heterocycles. The average Bonchev–Trinajstić information content (AvgIpc) is 4.11. The summed E-state index contributed by atoms with van der Waals surface area (Å²) in [6.45, 7) is 4.77. The number of carboxylic acid groups (broad SMARTS) is 1. The molecular formula is C46H48N8O6. The van der Waals surface area contributed by atoms with E-state index in [4.69, 9.17) is 9.72 Å². The summed E-state index contributed by atoms with van der Waals surface area (Å²) in [5, 5.41) is 16.6. The number of amides is 4. The molecule has 2 aliphatic rings. The topological polar surface area (TPSA) is 186 Å². The van der Waals surface area contributed by atoms with Gasteiger partial charge in [-0.3, -0.25) is 9.59 Å². The zero-order valence-electron chi connectivity index (χ0n) is 33.7. The van der Waals surface area contributed by atoms with E-state index in [0.717, 1.165) is 70.1 Å². The van der Waals surface area contributed by atoms with Gasteiger partial charge in [0.25, 0.3) is 5.91 Å². The molecule has 0 aliphatic carbocycles. The number of carbonyl (C=O) groups excluding carboxylic acids is 3. The van der Waals surface area contributed by atoms with Crippen LogP contribution in [0, 0.1) is 5.92 Å². The van der Waals surface area contributed by atoms with Crippen molar-refractivity contribution >= 4 is 34.8 Å². The number of methoxy groups -OCH3 is 1. The molecule has 4 atom stereocenters. The summed E-state index contributed by atoms with van der Waals surface area (Å²) in [6, 6.07) is 27.9. The second-order valence-electron chi connectivity index (χ2n) is 15.7. The van der Waals surface area contributed by atoms with Crippen LogP contribution in [0.3, 0.4) is 0 Å². The number of H-pyrrole nitrogens is 2. The van der Waals surface area contributed by atoms with Crippen LogP contribution in [0.5, 0.6) is 0 Å². The number of carbonyl (C=O) groups is 4. The highest BCUT2D eigenvalue weighted by atomic mass is 16.5. The Morgan fingerprint density at radius 2 is 1.23 bits per heavy atom. The molecule has 308 valence electrons. The Bertz CT molecular complexity index is 2520. The van der Waals surface area contributed by atoms with Crippen molar-refractivity contribution in [1.82, 2.24) is 40.4 Å². The molecule has 2 aliphatic heterocycles. The van der Waals surface area contributed by atoms with Crippen LogP contribution in [0.2, 0.25) is 0 Å². The van der Waals surface area contributed by atoms with E-state index in [9.17, 15) is 24.3 Å². The van der Waals surface area contributed by atoms with Gasteiger partial charge in [0, 0.05) is 18.7 Å². The highest BCUT2D eigenvalue weighted by Gasteiger charge is 2.38. The van der Waals surface area contributed by atoms with E-state index in [1.807, 2.05) is 44.2 Å². The lowest BCUT2D eigenvalue weighted by atomic mass is 9.98. The van der Waals surface area contributed by atoms with Gasteiger partial charge in [0.1, 0.15) is 23.7 Å². The van der Waals surface area contributed by atoms with Gasteiger partial charge in [-0.2, -0.15) is 0 Å². The first-order valence-electron chi connectivity index (χ1n) is 20.3. The van der Waals surface area contributed by atoms with Gasteiger partial charge in [-0.05, 0) is 76.8 Å². The Morgan fingerprint density at radius 3 is 1.82 bits per heavy atom. The smallest absolute Gasteiger partial charge is 0.407 e. The number of imidazole rings is 2. The quantitative estimate of drug-likeness (QED) is 0.0872. The summed E-state index contributed by atoms with van der Waals surface area (Å²) in [5.74, 6) is 0.757. The molecule has 2 fully saturated rings. The van der Waals surface area contributed by atoms with Crippen molar-refractivity contribution in [3.8, 4) is 33.6 Å². The van der Waals surface area contributed by atoms with Gasteiger partial charge in [0.05, 0.1) is 43.0 Å². The summed E-state index contributed by atoms with van der Waals surface area (Å²) < 4.78 is 4.83. The molecule has 60 heavy (non-hydrogen) atoms. The fraction of sp³-hybridized carbons (Fsp3) is 0.304. The largest absolute Gasteiger partial charge is 0.465 e. The van der Waals surface area contributed by atoms with Crippen LogP contribution < -0.4 is 10.6 Å². The summed E-state index contributed by atoms with van der Waals surface area (Å²) in [6.07, 6.45) is 4.84. The number of alkyl carbamates (subject to hydrolysis) is 1. The number of aromatic nitrogens is 4. The minimum atomic E-state index is -1.21. The van der Waals surface area contributed by atoms with Crippen LogP contribution in [0.4, 0.5) is 9.59 Å². The average molecular weight is 809 g/mol. The minimum absolute atomic E-state index is 0.190. The molecule has 3 unspecified atom stereocenters. The lowest BCUT2D eigenvalue weighted by molar-refractivity contribution is -0.135. The van der Waals surface area contributed by atoms with E-state index in [-0.39, 0.29) is 29.8 Å². The predicted octanol–water partition coefficient (Wildman–Crippen LogP) is 8.00. The number of benzene rings is 4. The van der Waals surface area contributed by atoms with E-state index in [2.05, 4.69) is 86.2 Å². The van der Waals surface area contributed by atoms with Gasteiger partial charge in [0.2, 0.25) is 5.91 Å². The van der Waals surface area contributed by atoms with Gasteiger partial charge >= 0.3 is 12.2 Å². The van der Waals surface area contributed by atoms with Gasteiger partial charge in [-0.15, -0.1) is 0 Å². The summed E-state index contributed by atoms with van der Waals surface area (Å²) in [5.41, 5.74) is 6.45. The fourth-order valence-electron chi connectivity index (χ4n) is 8.47. The van der Waals surface area contributed by atoms with E-state index < -0.39 is 24.3 Å². The predicted molar refractivity (Wildman–Crippen MR) is 226 cm³/mol. The van der Waals surface area contributed by atoms with E-state index in [0.29, 0.717) is 30.3 Å². The molecule has 2 aromatic heterocycles. The number of aromatic amines is 2. The molecule has 4 aromatic carbocycles. The number of fused-ring (bicyclic) bond motifs is 1. The Labute approximate surface area is 347 Å². The van der Waals surface area contributed by atoms with E-state index in [1.165, 1.54) is 7.11 Å². The zero-order valence-corrected chi connectivity index (χ0v) is 33.7.